The molecular formula is C11H23N3O2. The largest absolute Gasteiger partial charge is 0.373 e. The standard InChI is InChI=1S/C11H23N3O2/c1-11(2)9-14(7-8-16-11)6-4-3-5-10(15)13-12/h3-9,12H2,1-2H3,(H,13,15). The van der Waals surface area contributed by atoms with Crippen LogP contribution in [-0.4, -0.2) is 42.6 Å². The van der Waals surface area contributed by atoms with Gasteiger partial charge in [-0.15, -0.1) is 0 Å². The predicted octanol–water partition coefficient (Wildman–Crippen LogP) is 0.257. The molecule has 1 rings (SSSR count). The van der Waals surface area contributed by atoms with Crippen LogP contribution in [0.2, 0.25) is 0 Å². The number of amides is 1. The highest BCUT2D eigenvalue weighted by Crippen LogP contribution is 2.16. The number of carbonyl (C=O) groups is 1. The number of hydrogen-bond acceptors (Lipinski definition) is 4. The van der Waals surface area contributed by atoms with Crippen LogP contribution in [0, 0.1) is 0 Å². The van der Waals surface area contributed by atoms with E-state index in [0.717, 1.165) is 39.1 Å². The third-order valence-electron chi connectivity index (χ3n) is 2.79. The second kappa shape index (κ2) is 6.18. The van der Waals surface area contributed by atoms with Crippen LogP contribution in [0.3, 0.4) is 0 Å². The summed E-state index contributed by atoms with van der Waals surface area (Å²) in [7, 11) is 0. The Labute approximate surface area is 97.3 Å². The van der Waals surface area contributed by atoms with Crippen molar-refractivity contribution in [2.75, 3.05) is 26.2 Å². The molecule has 1 fully saturated rings. The molecule has 94 valence electrons. The van der Waals surface area contributed by atoms with Gasteiger partial charge in [-0.1, -0.05) is 0 Å². The van der Waals surface area contributed by atoms with Crippen molar-refractivity contribution in [3.63, 3.8) is 0 Å². The van der Waals surface area contributed by atoms with E-state index in [4.69, 9.17) is 10.6 Å². The Kier molecular flexibility index (Phi) is 5.18. The third-order valence-corrected chi connectivity index (χ3v) is 2.79. The van der Waals surface area contributed by atoms with Crippen LogP contribution in [0.5, 0.6) is 0 Å². The minimum Gasteiger partial charge on any atom is -0.373 e. The van der Waals surface area contributed by atoms with E-state index in [2.05, 4.69) is 24.2 Å². The molecule has 0 aliphatic carbocycles. The van der Waals surface area contributed by atoms with Gasteiger partial charge >= 0.3 is 0 Å². The van der Waals surface area contributed by atoms with E-state index in [1.54, 1.807) is 0 Å². The first-order valence-electron chi connectivity index (χ1n) is 5.89. The molecule has 0 unspecified atom stereocenters. The van der Waals surface area contributed by atoms with Gasteiger partial charge in [0, 0.05) is 19.5 Å². The van der Waals surface area contributed by atoms with Crippen LogP contribution < -0.4 is 11.3 Å². The number of nitrogens with one attached hydrogen (secondary N) is 1. The van der Waals surface area contributed by atoms with E-state index >= 15 is 0 Å². The molecule has 1 aliphatic rings. The van der Waals surface area contributed by atoms with Gasteiger partial charge in [0.25, 0.3) is 0 Å². The number of rotatable bonds is 5. The Bertz CT molecular complexity index is 231. The quantitative estimate of drug-likeness (QED) is 0.307. The first-order chi connectivity index (χ1) is 7.53. The number of unbranched alkanes of at least 4 members (excludes halogenated alkanes) is 1. The SMILES string of the molecule is CC1(C)CN(CCCCC(=O)NN)CCO1. The minimum atomic E-state index is -0.0812. The third kappa shape index (κ3) is 4.92. The zero-order valence-corrected chi connectivity index (χ0v) is 10.3. The second-order valence-corrected chi connectivity index (χ2v) is 4.91. The fraction of sp³-hybridized carbons (Fsp3) is 0.909. The summed E-state index contributed by atoms with van der Waals surface area (Å²) in [5.41, 5.74) is 2.11. The molecule has 3 N–H and O–H groups in total. The molecule has 1 heterocycles. The summed E-state index contributed by atoms with van der Waals surface area (Å²) in [4.78, 5) is 13.3. The highest BCUT2D eigenvalue weighted by molar-refractivity contribution is 5.75. The van der Waals surface area contributed by atoms with Gasteiger partial charge in [-0.2, -0.15) is 0 Å². The number of carbonyl (C=O) groups excluding carboxylic acids is 1. The molecule has 0 bridgehead atoms. The number of hydrogen-bond donors (Lipinski definition) is 2. The van der Waals surface area contributed by atoms with Crippen molar-refractivity contribution in [3.8, 4) is 0 Å². The molecule has 1 saturated heterocycles. The van der Waals surface area contributed by atoms with E-state index in [9.17, 15) is 4.79 Å². The molecule has 1 amide bonds. The molecule has 0 saturated carbocycles. The molecule has 0 atom stereocenters. The van der Waals surface area contributed by atoms with Crippen LogP contribution in [0.15, 0.2) is 0 Å². The van der Waals surface area contributed by atoms with Crippen molar-refractivity contribution in [1.82, 2.24) is 10.3 Å². The van der Waals surface area contributed by atoms with Crippen LogP contribution in [-0.2, 0) is 9.53 Å². The summed E-state index contributed by atoms with van der Waals surface area (Å²) < 4.78 is 5.64. The van der Waals surface area contributed by atoms with E-state index in [1.165, 1.54) is 0 Å². The molecule has 0 spiro atoms. The number of ether oxygens (including phenoxy) is 1. The van der Waals surface area contributed by atoms with Crippen LogP contribution in [0.1, 0.15) is 33.1 Å². The van der Waals surface area contributed by atoms with Crippen molar-refractivity contribution >= 4 is 5.91 Å². The summed E-state index contributed by atoms with van der Waals surface area (Å²) in [5, 5.41) is 0. The second-order valence-electron chi connectivity index (χ2n) is 4.91. The van der Waals surface area contributed by atoms with Gasteiger partial charge < -0.3 is 4.74 Å². The smallest absolute Gasteiger partial charge is 0.233 e. The van der Waals surface area contributed by atoms with Crippen molar-refractivity contribution in [3.05, 3.63) is 0 Å². The number of hydrazine groups is 1. The van der Waals surface area contributed by atoms with Crippen molar-refractivity contribution in [2.45, 2.75) is 38.7 Å². The lowest BCUT2D eigenvalue weighted by atomic mass is 10.1. The zero-order chi connectivity index (χ0) is 12.0. The summed E-state index contributed by atoms with van der Waals surface area (Å²) >= 11 is 0. The summed E-state index contributed by atoms with van der Waals surface area (Å²) in [6.45, 7) is 8.02. The molecule has 0 aromatic rings. The lowest BCUT2D eigenvalue weighted by molar-refractivity contribution is -0.121. The first-order valence-corrected chi connectivity index (χ1v) is 5.89. The zero-order valence-electron chi connectivity index (χ0n) is 10.3. The Morgan fingerprint density at radius 3 is 2.88 bits per heavy atom. The maximum Gasteiger partial charge on any atom is 0.233 e. The number of nitrogens with zero attached hydrogens (tertiary/aromatic N) is 1. The molecule has 1 aliphatic heterocycles. The fourth-order valence-electron chi connectivity index (χ4n) is 2.00. The maximum atomic E-state index is 10.9. The van der Waals surface area contributed by atoms with Gasteiger partial charge in [0.05, 0.1) is 12.2 Å². The topological polar surface area (TPSA) is 67.6 Å². The Balaban J connectivity index is 2.11. The van der Waals surface area contributed by atoms with Gasteiger partial charge in [-0.25, -0.2) is 5.84 Å². The maximum absolute atomic E-state index is 10.9. The average molecular weight is 229 g/mol. The van der Waals surface area contributed by atoms with Crippen molar-refractivity contribution in [2.24, 2.45) is 5.84 Å². The Morgan fingerprint density at radius 1 is 1.50 bits per heavy atom. The average Bonchev–Trinajstić information content (AvgIpc) is 2.22. The fourth-order valence-corrected chi connectivity index (χ4v) is 2.00. The Morgan fingerprint density at radius 2 is 2.25 bits per heavy atom. The lowest BCUT2D eigenvalue weighted by Crippen LogP contribution is -2.48. The molecule has 0 aromatic carbocycles. The van der Waals surface area contributed by atoms with E-state index in [1.807, 2.05) is 0 Å². The summed E-state index contributed by atoms with van der Waals surface area (Å²) in [6, 6.07) is 0. The molecule has 0 aromatic heterocycles. The van der Waals surface area contributed by atoms with E-state index < -0.39 is 0 Å². The summed E-state index contributed by atoms with van der Waals surface area (Å²) in [5.74, 6) is 4.92. The molecule has 5 heteroatoms. The van der Waals surface area contributed by atoms with Crippen molar-refractivity contribution < 1.29 is 9.53 Å². The molecule has 0 radical (unpaired) electrons. The van der Waals surface area contributed by atoms with E-state index in [0.29, 0.717) is 6.42 Å². The highest BCUT2D eigenvalue weighted by Gasteiger charge is 2.26. The minimum absolute atomic E-state index is 0.0348. The normalized spacial score (nSPS) is 20.7. The van der Waals surface area contributed by atoms with Gasteiger partial charge in [0.2, 0.25) is 5.91 Å². The molecule has 16 heavy (non-hydrogen) atoms. The summed E-state index contributed by atoms with van der Waals surface area (Å²) in [6.07, 6.45) is 2.44. The van der Waals surface area contributed by atoms with Gasteiger partial charge in [0.15, 0.2) is 0 Å². The van der Waals surface area contributed by atoms with Gasteiger partial charge in [-0.05, 0) is 33.2 Å². The highest BCUT2D eigenvalue weighted by atomic mass is 16.5. The lowest BCUT2D eigenvalue weighted by Gasteiger charge is -2.38. The predicted molar refractivity (Wildman–Crippen MR) is 62.7 cm³/mol. The molecular weight excluding hydrogens is 206 g/mol. The van der Waals surface area contributed by atoms with Crippen molar-refractivity contribution in [1.29, 1.82) is 0 Å². The molecule has 5 nitrogen and oxygen atoms in total. The number of morpholine rings is 1. The van der Waals surface area contributed by atoms with Crippen LogP contribution in [0.25, 0.3) is 0 Å². The monoisotopic (exact) mass is 229 g/mol. The van der Waals surface area contributed by atoms with E-state index in [-0.39, 0.29) is 11.5 Å². The van der Waals surface area contributed by atoms with Gasteiger partial charge in [0.1, 0.15) is 0 Å². The van der Waals surface area contributed by atoms with Gasteiger partial charge in [-0.3, -0.25) is 15.1 Å². The van der Waals surface area contributed by atoms with Crippen LogP contribution in [0.4, 0.5) is 0 Å². The Hall–Kier alpha value is -0.650. The number of nitrogens with two attached hydrogens (primary N) is 1. The van der Waals surface area contributed by atoms with Crippen LogP contribution >= 0.6 is 0 Å². The first kappa shape index (κ1) is 13.4.